The molecule has 4 heteroatoms. The Bertz CT molecular complexity index is 373. The number of phenolic OH excluding ortho intramolecular Hbond substituents is 1. The number of phenols is 1. The summed E-state index contributed by atoms with van der Waals surface area (Å²) in [6, 6.07) is 5.34. The molecule has 2 rings (SSSR count). The van der Waals surface area contributed by atoms with Gasteiger partial charge < -0.3 is 20.3 Å². The van der Waals surface area contributed by atoms with Crippen molar-refractivity contribution < 1.29 is 14.9 Å². The summed E-state index contributed by atoms with van der Waals surface area (Å²) in [6.07, 6.45) is 1.16. The fourth-order valence-corrected chi connectivity index (χ4v) is 2.11. The molecule has 0 spiro atoms. The Kier molecular flexibility index (Phi) is 3.03. The minimum absolute atomic E-state index is 0.130. The molecule has 1 saturated heterocycles. The van der Waals surface area contributed by atoms with E-state index in [2.05, 4.69) is 5.32 Å². The van der Waals surface area contributed by atoms with Crippen molar-refractivity contribution in [1.82, 2.24) is 5.32 Å². The predicted molar refractivity (Wildman–Crippen MR) is 60.8 cm³/mol. The summed E-state index contributed by atoms with van der Waals surface area (Å²) in [7, 11) is 1.52. The maximum atomic E-state index is 10.2. The van der Waals surface area contributed by atoms with Crippen LogP contribution in [0, 0.1) is 0 Å². The molecule has 16 heavy (non-hydrogen) atoms. The molecule has 3 N–H and O–H groups in total. The number of aliphatic hydroxyl groups is 1. The van der Waals surface area contributed by atoms with Gasteiger partial charge >= 0.3 is 0 Å². The monoisotopic (exact) mass is 223 g/mol. The van der Waals surface area contributed by atoms with E-state index in [1.807, 2.05) is 12.1 Å². The lowest BCUT2D eigenvalue weighted by Crippen LogP contribution is -2.33. The molecule has 0 aromatic heterocycles. The molecular weight excluding hydrogens is 206 g/mol. The van der Waals surface area contributed by atoms with Crippen LogP contribution in [0.5, 0.6) is 11.5 Å². The van der Waals surface area contributed by atoms with Crippen LogP contribution in [0.4, 0.5) is 0 Å². The van der Waals surface area contributed by atoms with E-state index in [9.17, 15) is 10.2 Å². The molecule has 4 nitrogen and oxygen atoms in total. The summed E-state index contributed by atoms with van der Waals surface area (Å²) in [4.78, 5) is 0. The Balaban J connectivity index is 2.21. The van der Waals surface area contributed by atoms with Crippen LogP contribution in [0.2, 0.25) is 0 Å². The van der Waals surface area contributed by atoms with Crippen LogP contribution in [0.25, 0.3) is 0 Å². The zero-order valence-corrected chi connectivity index (χ0v) is 9.36. The van der Waals surface area contributed by atoms with Gasteiger partial charge in [-0.3, -0.25) is 0 Å². The van der Waals surface area contributed by atoms with Crippen molar-refractivity contribution in [1.29, 1.82) is 0 Å². The standard InChI is InChI=1S/C12H17NO3/c1-16-10-4-2-3-9(11(10)14)7-12(15)5-6-13-8-12/h2-4,13-15H,5-8H2,1H3. The Labute approximate surface area is 94.9 Å². The number of ether oxygens (including phenoxy) is 1. The van der Waals surface area contributed by atoms with Gasteiger partial charge in [0.2, 0.25) is 0 Å². The first-order valence-electron chi connectivity index (χ1n) is 5.42. The van der Waals surface area contributed by atoms with Crippen LogP contribution >= 0.6 is 0 Å². The lowest BCUT2D eigenvalue weighted by Gasteiger charge is -2.22. The molecule has 0 radical (unpaired) electrons. The fraction of sp³-hybridized carbons (Fsp3) is 0.500. The molecule has 1 fully saturated rings. The van der Waals surface area contributed by atoms with E-state index in [4.69, 9.17) is 4.74 Å². The van der Waals surface area contributed by atoms with E-state index in [1.54, 1.807) is 6.07 Å². The predicted octanol–water partition coefficient (Wildman–Crippen LogP) is 0.668. The minimum Gasteiger partial charge on any atom is -0.504 e. The van der Waals surface area contributed by atoms with Crippen molar-refractivity contribution in [2.75, 3.05) is 20.2 Å². The highest BCUT2D eigenvalue weighted by molar-refractivity contribution is 5.46. The highest BCUT2D eigenvalue weighted by Crippen LogP contribution is 2.32. The number of rotatable bonds is 3. The smallest absolute Gasteiger partial charge is 0.161 e. The summed E-state index contributed by atoms with van der Waals surface area (Å²) in [5.41, 5.74) is -0.0188. The van der Waals surface area contributed by atoms with Crippen molar-refractivity contribution in [2.45, 2.75) is 18.4 Å². The molecule has 1 aromatic carbocycles. The van der Waals surface area contributed by atoms with E-state index >= 15 is 0 Å². The molecule has 88 valence electrons. The van der Waals surface area contributed by atoms with Gasteiger partial charge in [-0.15, -0.1) is 0 Å². The lowest BCUT2D eigenvalue weighted by molar-refractivity contribution is 0.0612. The number of nitrogens with one attached hydrogen (secondary N) is 1. The molecule has 1 aliphatic heterocycles. The van der Waals surface area contributed by atoms with Crippen molar-refractivity contribution in [3.8, 4) is 11.5 Å². The lowest BCUT2D eigenvalue weighted by atomic mass is 9.93. The molecule has 0 aliphatic carbocycles. The zero-order chi connectivity index (χ0) is 11.6. The normalized spacial score (nSPS) is 24.6. The van der Waals surface area contributed by atoms with Gasteiger partial charge in [-0.05, 0) is 19.0 Å². The number of benzene rings is 1. The second-order valence-electron chi connectivity index (χ2n) is 4.30. The molecule has 1 aromatic rings. The minimum atomic E-state index is -0.746. The van der Waals surface area contributed by atoms with Gasteiger partial charge in [0.05, 0.1) is 12.7 Å². The average molecular weight is 223 g/mol. The van der Waals surface area contributed by atoms with E-state index in [-0.39, 0.29) is 5.75 Å². The van der Waals surface area contributed by atoms with E-state index in [0.717, 1.165) is 12.1 Å². The van der Waals surface area contributed by atoms with Crippen molar-refractivity contribution in [2.24, 2.45) is 0 Å². The molecule has 0 saturated carbocycles. The maximum absolute atomic E-state index is 10.2. The summed E-state index contributed by atoms with van der Waals surface area (Å²) < 4.78 is 5.04. The second kappa shape index (κ2) is 4.31. The summed E-state index contributed by atoms with van der Waals surface area (Å²) in [5.74, 6) is 0.581. The second-order valence-corrected chi connectivity index (χ2v) is 4.30. The number of hydrogen-bond acceptors (Lipinski definition) is 4. The third-order valence-electron chi connectivity index (χ3n) is 3.04. The van der Waals surface area contributed by atoms with Crippen molar-refractivity contribution in [3.05, 3.63) is 23.8 Å². The van der Waals surface area contributed by atoms with Crippen LogP contribution in [-0.4, -0.2) is 36.0 Å². The first-order chi connectivity index (χ1) is 7.64. The van der Waals surface area contributed by atoms with Crippen LogP contribution in [0.3, 0.4) is 0 Å². The highest BCUT2D eigenvalue weighted by Gasteiger charge is 2.32. The Morgan fingerprint density at radius 3 is 2.94 bits per heavy atom. The van der Waals surface area contributed by atoms with Crippen molar-refractivity contribution in [3.63, 3.8) is 0 Å². The Hall–Kier alpha value is -1.26. The maximum Gasteiger partial charge on any atom is 0.161 e. The molecule has 0 bridgehead atoms. The molecular formula is C12H17NO3. The summed E-state index contributed by atoms with van der Waals surface area (Å²) in [5, 5.41) is 23.2. The van der Waals surface area contributed by atoms with Gasteiger partial charge in [0.1, 0.15) is 0 Å². The molecule has 1 atom stereocenters. The zero-order valence-electron chi connectivity index (χ0n) is 9.36. The summed E-state index contributed by atoms with van der Waals surface area (Å²) >= 11 is 0. The Morgan fingerprint density at radius 2 is 2.31 bits per heavy atom. The Morgan fingerprint density at radius 1 is 1.50 bits per heavy atom. The molecule has 1 heterocycles. The van der Waals surface area contributed by atoms with Gasteiger partial charge in [-0.1, -0.05) is 12.1 Å². The van der Waals surface area contributed by atoms with Gasteiger partial charge in [0.25, 0.3) is 0 Å². The van der Waals surface area contributed by atoms with E-state index in [1.165, 1.54) is 7.11 Å². The first kappa shape index (κ1) is 11.2. The van der Waals surface area contributed by atoms with Gasteiger partial charge in [-0.25, -0.2) is 0 Å². The van der Waals surface area contributed by atoms with Gasteiger partial charge in [0, 0.05) is 18.5 Å². The molecule has 0 amide bonds. The number of β-amino-alcohol motifs (C(OH)–C–C–N with tert-alkyl or cyclic N) is 1. The van der Waals surface area contributed by atoms with Gasteiger partial charge in [-0.2, -0.15) is 0 Å². The summed E-state index contributed by atoms with van der Waals surface area (Å²) in [6.45, 7) is 1.39. The van der Waals surface area contributed by atoms with Crippen LogP contribution in [0.1, 0.15) is 12.0 Å². The quantitative estimate of drug-likeness (QED) is 0.704. The number of methoxy groups -OCH3 is 1. The molecule has 1 aliphatic rings. The molecule has 1 unspecified atom stereocenters. The average Bonchev–Trinajstić information content (AvgIpc) is 2.68. The number of para-hydroxylation sites is 1. The largest absolute Gasteiger partial charge is 0.504 e. The number of hydrogen-bond donors (Lipinski definition) is 3. The fourth-order valence-electron chi connectivity index (χ4n) is 2.11. The van der Waals surface area contributed by atoms with Crippen LogP contribution < -0.4 is 10.1 Å². The SMILES string of the molecule is COc1cccc(CC2(O)CCNC2)c1O. The van der Waals surface area contributed by atoms with Gasteiger partial charge in [0.15, 0.2) is 11.5 Å². The third-order valence-corrected chi connectivity index (χ3v) is 3.04. The number of aromatic hydroxyl groups is 1. The van der Waals surface area contributed by atoms with E-state index < -0.39 is 5.60 Å². The van der Waals surface area contributed by atoms with Crippen LogP contribution in [-0.2, 0) is 6.42 Å². The van der Waals surface area contributed by atoms with Crippen molar-refractivity contribution >= 4 is 0 Å². The first-order valence-corrected chi connectivity index (χ1v) is 5.42. The topological polar surface area (TPSA) is 61.7 Å². The van der Waals surface area contributed by atoms with E-state index in [0.29, 0.717) is 25.1 Å². The highest BCUT2D eigenvalue weighted by atomic mass is 16.5. The third kappa shape index (κ3) is 2.13. The van der Waals surface area contributed by atoms with Crippen LogP contribution in [0.15, 0.2) is 18.2 Å².